The molecular formula is C32H44O4. The van der Waals surface area contributed by atoms with Gasteiger partial charge in [-0.05, 0) is 94.9 Å². The Morgan fingerprint density at radius 1 is 1.00 bits per heavy atom. The summed E-state index contributed by atoms with van der Waals surface area (Å²) in [5, 5.41) is 10.2. The predicted molar refractivity (Wildman–Crippen MR) is 145 cm³/mol. The van der Waals surface area contributed by atoms with Crippen molar-refractivity contribution in [2.24, 2.45) is 11.3 Å². The molecule has 0 amide bonds. The number of rotatable bonds is 12. The summed E-state index contributed by atoms with van der Waals surface area (Å²) in [6.07, 6.45) is 9.05. The van der Waals surface area contributed by atoms with E-state index in [-0.39, 0.29) is 18.3 Å². The summed E-state index contributed by atoms with van der Waals surface area (Å²) in [4.78, 5) is 13.4. The zero-order valence-electron chi connectivity index (χ0n) is 22.6. The number of aliphatic hydroxyl groups is 1. The molecule has 0 unspecified atom stereocenters. The Kier molecular flexibility index (Phi) is 8.26. The van der Waals surface area contributed by atoms with Gasteiger partial charge in [-0.3, -0.25) is 4.79 Å². The highest BCUT2D eigenvalue weighted by molar-refractivity contribution is 5.90. The monoisotopic (exact) mass is 492 g/mol. The van der Waals surface area contributed by atoms with Crippen LogP contribution in [0.2, 0.25) is 0 Å². The molecule has 196 valence electrons. The summed E-state index contributed by atoms with van der Waals surface area (Å²) < 4.78 is 12.2. The molecular weight excluding hydrogens is 448 g/mol. The second-order valence-corrected chi connectivity index (χ2v) is 12.0. The summed E-state index contributed by atoms with van der Waals surface area (Å²) in [6, 6.07) is 18.0. The van der Waals surface area contributed by atoms with Crippen molar-refractivity contribution in [3.63, 3.8) is 0 Å². The highest BCUT2D eigenvalue weighted by atomic mass is 16.5. The van der Waals surface area contributed by atoms with Crippen LogP contribution in [0, 0.1) is 11.3 Å². The van der Waals surface area contributed by atoms with E-state index in [1.165, 1.54) is 38.5 Å². The first-order valence-electron chi connectivity index (χ1n) is 13.7. The number of hydrogen-bond donors (Lipinski definition) is 1. The average molecular weight is 493 g/mol. The normalized spacial score (nSPS) is 24.2. The first-order valence-corrected chi connectivity index (χ1v) is 13.7. The lowest BCUT2D eigenvalue weighted by molar-refractivity contribution is -0.126. The molecule has 1 N–H and O–H groups in total. The highest BCUT2D eigenvalue weighted by Crippen LogP contribution is 2.50. The fourth-order valence-electron chi connectivity index (χ4n) is 6.34. The van der Waals surface area contributed by atoms with Crippen LogP contribution in [0.3, 0.4) is 0 Å². The molecule has 0 radical (unpaired) electrons. The summed E-state index contributed by atoms with van der Waals surface area (Å²) in [5.41, 5.74) is 1.03. The maximum absolute atomic E-state index is 13.4. The van der Waals surface area contributed by atoms with Gasteiger partial charge >= 0.3 is 0 Å². The Bertz CT molecular complexity index is 975. The van der Waals surface area contributed by atoms with Crippen molar-refractivity contribution < 1.29 is 19.4 Å². The molecule has 3 fully saturated rings. The Hall–Kier alpha value is -2.17. The Balaban J connectivity index is 1.43. The minimum atomic E-state index is -0.904. The fraction of sp³-hybridized carbons (Fsp3) is 0.594. The molecule has 2 aromatic carbocycles. The second kappa shape index (κ2) is 11.1. The van der Waals surface area contributed by atoms with Crippen LogP contribution in [0.5, 0.6) is 5.75 Å². The standard InChI is InChI=1S/C32H44O4/c1-30(2,35-4)28(14-15-29(34)31(3,22-33)26-8-6-5-7-9-26)25-10-12-27(13-11-25)36-23-32-19-16-24(17-20-32)18-21-32/h5-13,24,28,33H,14-23H2,1-4H3/t24?,28-,31-,32?/m1/s1. The Morgan fingerprint density at radius 3 is 2.17 bits per heavy atom. The largest absolute Gasteiger partial charge is 0.493 e. The Morgan fingerprint density at radius 2 is 1.61 bits per heavy atom. The number of aliphatic hydroxyl groups excluding tert-OH is 1. The van der Waals surface area contributed by atoms with Gasteiger partial charge in [-0.25, -0.2) is 0 Å². The summed E-state index contributed by atoms with van der Waals surface area (Å²) in [5.74, 6) is 1.96. The minimum Gasteiger partial charge on any atom is -0.493 e. The van der Waals surface area contributed by atoms with E-state index in [4.69, 9.17) is 9.47 Å². The second-order valence-electron chi connectivity index (χ2n) is 12.0. The first kappa shape index (κ1) is 26.9. The number of ketones is 1. The van der Waals surface area contributed by atoms with Gasteiger partial charge in [0, 0.05) is 24.9 Å². The molecule has 5 rings (SSSR count). The molecule has 0 aliphatic heterocycles. The van der Waals surface area contributed by atoms with Crippen molar-refractivity contribution in [2.45, 2.75) is 89.1 Å². The fourth-order valence-corrected chi connectivity index (χ4v) is 6.34. The molecule has 2 aromatic rings. The number of Topliss-reactive ketones (excluding diaryl/α,β-unsaturated/α-hetero) is 1. The topological polar surface area (TPSA) is 55.8 Å². The number of carbonyl (C=O) groups excluding carboxylic acids is 1. The van der Waals surface area contributed by atoms with E-state index in [1.54, 1.807) is 7.11 Å². The van der Waals surface area contributed by atoms with E-state index in [2.05, 4.69) is 38.1 Å². The molecule has 2 atom stereocenters. The van der Waals surface area contributed by atoms with Crippen molar-refractivity contribution in [2.75, 3.05) is 20.3 Å². The van der Waals surface area contributed by atoms with Crippen molar-refractivity contribution in [3.05, 3.63) is 65.7 Å². The average Bonchev–Trinajstić information content (AvgIpc) is 2.93. The molecule has 3 aliphatic rings. The van der Waals surface area contributed by atoms with E-state index >= 15 is 0 Å². The van der Waals surface area contributed by atoms with E-state index in [0.717, 1.165) is 29.4 Å². The van der Waals surface area contributed by atoms with Gasteiger partial charge in [0.15, 0.2) is 0 Å². The predicted octanol–water partition coefficient (Wildman–Crippen LogP) is 6.84. The number of hydrogen-bond acceptors (Lipinski definition) is 4. The molecule has 36 heavy (non-hydrogen) atoms. The maximum atomic E-state index is 13.4. The maximum Gasteiger partial charge on any atom is 0.145 e. The third kappa shape index (κ3) is 5.70. The molecule has 3 aliphatic carbocycles. The molecule has 2 bridgehead atoms. The van der Waals surface area contributed by atoms with Gasteiger partial charge in [-0.2, -0.15) is 0 Å². The van der Waals surface area contributed by atoms with Crippen LogP contribution in [0.15, 0.2) is 54.6 Å². The van der Waals surface area contributed by atoms with Crippen LogP contribution in [0.25, 0.3) is 0 Å². The van der Waals surface area contributed by atoms with Gasteiger partial charge in [0.1, 0.15) is 11.5 Å². The van der Waals surface area contributed by atoms with Gasteiger partial charge in [0.05, 0.1) is 24.2 Å². The number of fused-ring (bicyclic) bond motifs is 3. The minimum absolute atomic E-state index is 0.0337. The first-order chi connectivity index (χ1) is 17.2. The Labute approximate surface area is 217 Å². The third-order valence-corrected chi connectivity index (χ3v) is 9.44. The van der Waals surface area contributed by atoms with Crippen molar-refractivity contribution >= 4 is 5.78 Å². The van der Waals surface area contributed by atoms with E-state index in [9.17, 15) is 9.90 Å². The van der Waals surface area contributed by atoms with E-state index in [1.807, 2.05) is 37.3 Å². The number of carbonyl (C=O) groups is 1. The van der Waals surface area contributed by atoms with Gasteiger partial charge < -0.3 is 14.6 Å². The number of benzene rings is 2. The van der Waals surface area contributed by atoms with Crippen LogP contribution in [-0.4, -0.2) is 36.8 Å². The van der Waals surface area contributed by atoms with Crippen LogP contribution in [0.4, 0.5) is 0 Å². The molecule has 0 aromatic heterocycles. The van der Waals surface area contributed by atoms with Crippen LogP contribution >= 0.6 is 0 Å². The SMILES string of the molecule is COC(C)(C)[C@H](CCC(=O)[C@](C)(CO)c1ccccc1)c1ccc(OCC23CCC(CC2)CC3)cc1. The molecule has 3 saturated carbocycles. The lowest BCUT2D eigenvalue weighted by atomic mass is 9.61. The molecule has 0 saturated heterocycles. The third-order valence-electron chi connectivity index (χ3n) is 9.44. The van der Waals surface area contributed by atoms with Gasteiger partial charge in [0.25, 0.3) is 0 Å². The van der Waals surface area contributed by atoms with Gasteiger partial charge in [-0.15, -0.1) is 0 Å². The lowest BCUT2D eigenvalue weighted by Crippen LogP contribution is -2.38. The van der Waals surface area contributed by atoms with Crippen molar-refractivity contribution in [1.29, 1.82) is 0 Å². The van der Waals surface area contributed by atoms with Crippen molar-refractivity contribution in [3.8, 4) is 5.75 Å². The van der Waals surface area contributed by atoms with Crippen LogP contribution in [0.1, 0.15) is 89.2 Å². The number of methoxy groups -OCH3 is 1. The lowest BCUT2D eigenvalue weighted by Gasteiger charge is -2.46. The zero-order valence-corrected chi connectivity index (χ0v) is 22.6. The summed E-state index contributed by atoms with van der Waals surface area (Å²) >= 11 is 0. The smallest absolute Gasteiger partial charge is 0.145 e. The molecule has 0 spiro atoms. The quantitative estimate of drug-likeness (QED) is 0.352. The zero-order chi connectivity index (χ0) is 25.8. The van der Waals surface area contributed by atoms with Crippen LogP contribution in [-0.2, 0) is 14.9 Å². The molecule has 4 heteroatoms. The van der Waals surface area contributed by atoms with E-state index < -0.39 is 11.0 Å². The number of ether oxygens (including phenoxy) is 2. The van der Waals surface area contributed by atoms with Gasteiger partial charge in [-0.1, -0.05) is 42.5 Å². The highest BCUT2D eigenvalue weighted by Gasteiger charge is 2.41. The summed E-state index contributed by atoms with van der Waals surface area (Å²) in [6.45, 7) is 6.61. The van der Waals surface area contributed by atoms with Crippen molar-refractivity contribution in [1.82, 2.24) is 0 Å². The molecule has 4 nitrogen and oxygen atoms in total. The van der Waals surface area contributed by atoms with Gasteiger partial charge in [0.2, 0.25) is 0 Å². The molecule has 0 heterocycles. The van der Waals surface area contributed by atoms with E-state index in [0.29, 0.717) is 18.3 Å². The van der Waals surface area contributed by atoms with Crippen LogP contribution < -0.4 is 4.74 Å². The summed E-state index contributed by atoms with van der Waals surface area (Å²) in [7, 11) is 1.73.